The largest absolute Gasteiger partial charge is 0.511 e. The zero-order valence-corrected chi connectivity index (χ0v) is 11.0. The van der Waals surface area contributed by atoms with Crippen LogP contribution in [0.2, 0.25) is 0 Å². The lowest BCUT2D eigenvalue weighted by Crippen LogP contribution is -2.24. The lowest BCUT2D eigenvalue weighted by Gasteiger charge is -2.11. The molecule has 0 saturated carbocycles. The summed E-state index contributed by atoms with van der Waals surface area (Å²) >= 11 is 0. The topological polar surface area (TPSA) is 64.7 Å². The fourth-order valence-corrected chi connectivity index (χ4v) is 2.07. The zero-order chi connectivity index (χ0) is 13.7. The first kappa shape index (κ1) is 14.1. The van der Waals surface area contributed by atoms with E-state index in [0.29, 0.717) is 19.6 Å². The first-order valence-electron chi connectivity index (χ1n) is 6.59. The minimum atomic E-state index is -0.397. The number of ether oxygens (including phenoxy) is 2. The van der Waals surface area contributed by atoms with Crippen LogP contribution in [0.1, 0.15) is 17.5 Å². The van der Waals surface area contributed by atoms with Gasteiger partial charge in [0.15, 0.2) is 6.29 Å². The molecule has 3 N–H and O–H groups in total. The van der Waals surface area contributed by atoms with Crippen LogP contribution in [0.3, 0.4) is 0 Å². The van der Waals surface area contributed by atoms with Gasteiger partial charge in [-0.2, -0.15) is 0 Å². The molecule has 2 rings (SSSR count). The van der Waals surface area contributed by atoms with Crippen molar-refractivity contribution in [1.82, 2.24) is 0 Å². The van der Waals surface area contributed by atoms with Gasteiger partial charge in [-0.15, -0.1) is 0 Å². The van der Waals surface area contributed by atoms with Gasteiger partial charge in [0.1, 0.15) is 5.76 Å². The summed E-state index contributed by atoms with van der Waals surface area (Å²) < 4.78 is 10.8. The van der Waals surface area contributed by atoms with Crippen LogP contribution in [0.15, 0.2) is 36.6 Å². The Hall–Kier alpha value is -1.36. The van der Waals surface area contributed by atoms with Crippen molar-refractivity contribution in [2.75, 3.05) is 13.2 Å². The third-order valence-electron chi connectivity index (χ3n) is 3.27. The monoisotopic (exact) mass is 263 g/mol. The van der Waals surface area contributed by atoms with Crippen LogP contribution in [-0.2, 0) is 22.3 Å². The molecule has 1 aliphatic rings. The Morgan fingerprint density at radius 1 is 1.26 bits per heavy atom. The van der Waals surface area contributed by atoms with Crippen molar-refractivity contribution < 1.29 is 14.6 Å². The number of aliphatic hydroxyl groups is 1. The second-order valence-corrected chi connectivity index (χ2v) is 4.83. The van der Waals surface area contributed by atoms with Crippen LogP contribution in [0.4, 0.5) is 0 Å². The van der Waals surface area contributed by atoms with Crippen molar-refractivity contribution in [3.63, 3.8) is 0 Å². The van der Waals surface area contributed by atoms with Gasteiger partial charge in [-0.05, 0) is 24.0 Å². The summed E-state index contributed by atoms with van der Waals surface area (Å²) in [6.07, 6.45) is 2.37. The smallest absolute Gasteiger partial charge is 0.158 e. The van der Waals surface area contributed by atoms with Gasteiger partial charge < -0.3 is 20.3 Å². The molecule has 104 valence electrons. The SMILES string of the molecule is C=C(O)C(N)Cc1ccc(CCC2OCCO2)cc1. The molecule has 4 heteroatoms. The van der Waals surface area contributed by atoms with Gasteiger partial charge in [0.25, 0.3) is 0 Å². The number of hydrogen-bond donors (Lipinski definition) is 2. The summed E-state index contributed by atoms with van der Waals surface area (Å²) in [5.74, 6) is 0.0274. The van der Waals surface area contributed by atoms with E-state index < -0.39 is 6.04 Å². The molecule has 4 nitrogen and oxygen atoms in total. The van der Waals surface area contributed by atoms with Gasteiger partial charge in [0.05, 0.1) is 19.3 Å². The predicted octanol–water partition coefficient (Wildman–Crippen LogP) is 1.93. The van der Waals surface area contributed by atoms with Crippen molar-refractivity contribution in [3.05, 3.63) is 47.7 Å². The highest BCUT2D eigenvalue weighted by Crippen LogP contribution is 2.14. The average Bonchev–Trinajstić information content (AvgIpc) is 2.91. The second kappa shape index (κ2) is 6.70. The van der Waals surface area contributed by atoms with Crippen molar-refractivity contribution in [2.45, 2.75) is 31.6 Å². The molecule has 0 amide bonds. The third-order valence-corrected chi connectivity index (χ3v) is 3.27. The maximum absolute atomic E-state index is 9.20. The van der Waals surface area contributed by atoms with Crippen molar-refractivity contribution in [2.24, 2.45) is 5.73 Å². The molecule has 1 saturated heterocycles. The van der Waals surface area contributed by atoms with Gasteiger partial charge in [-0.1, -0.05) is 30.8 Å². The van der Waals surface area contributed by atoms with Gasteiger partial charge in [0.2, 0.25) is 0 Å². The van der Waals surface area contributed by atoms with E-state index in [1.165, 1.54) is 5.56 Å². The third kappa shape index (κ3) is 4.35. The molecule has 1 unspecified atom stereocenters. The fraction of sp³-hybridized carbons (Fsp3) is 0.467. The zero-order valence-electron chi connectivity index (χ0n) is 11.0. The van der Waals surface area contributed by atoms with Crippen LogP contribution in [0.5, 0.6) is 0 Å². The quantitative estimate of drug-likeness (QED) is 0.770. The Kier molecular flexibility index (Phi) is 4.96. The van der Waals surface area contributed by atoms with Gasteiger partial charge in [0, 0.05) is 6.42 Å². The van der Waals surface area contributed by atoms with E-state index in [1.54, 1.807) is 0 Å². The Morgan fingerprint density at radius 2 is 1.84 bits per heavy atom. The first-order valence-corrected chi connectivity index (χ1v) is 6.59. The first-order chi connectivity index (χ1) is 9.15. The van der Waals surface area contributed by atoms with Gasteiger partial charge in [-0.3, -0.25) is 0 Å². The molecule has 1 heterocycles. The minimum absolute atomic E-state index is 0.0274. The van der Waals surface area contributed by atoms with Crippen LogP contribution < -0.4 is 5.73 Å². The van der Waals surface area contributed by atoms with Gasteiger partial charge >= 0.3 is 0 Å². The molecule has 0 aliphatic carbocycles. The molecule has 1 fully saturated rings. The van der Waals surface area contributed by atoms with Gasteiger partial charge in [-0.25, -0.2) is 0 Å². The molecule has 1 aromatic rings. The number of nitrogens with two attached hydrogens (primary N) is 1. The van der Waals surface area contributed by atoms with E-state index in [-0.39, 0.29) is 12.0 Å². The molecule has 1 aliphatic heterocycles. The number of aryl methyl sites for hydroxylation is 1. The summed E-state index contributed by atoms with van der Waals surface area (Å²) in [4.78, 5) is 0. The standard InChI is InChI=1S/C15H21NO3/c1-11(17)14(16)10-13-4-2-12(3-5-13)6-7-15-18-8-9-19-15/h2-5,14-15,17H,1,6-10,16H2. The summed E-state index contributed by atoms with van der Waals surface area (Å²) in [6.45, 7) is 4.85. The molecule has 1 atom stereocenters. The maximum atomic E-state index is 9.20. The van der Waals surface area contributed by atoms with Crippen LogP contribution >= 0.6 is 0 Å². The molecule has 1 aromatic carbocycles. The second-order valence-electron chi connectivity index (χ2n) is 4.83. The summed E-state index contributed by atoms with van der Waals surface area (Å²) in [5.41, 5.74) is 8.09. The highest BCUT2D eigenvalue weighted by atomic mass is 16.7. The summed E-state index contributed by atoms with van der Waals surface area (Å²) in [5, 5.41) is 9.20. The lowest BCUT2D eigenvalue weighted by atomic mass is 10.0. The van der Waals surface area contributed by atoms with Crippen molar-refractivity contribution in [1.29, 1.82) is 0 Å². The Bertz CT molecular complexity index is 410. The molecule has 0 aromatic heterocycles. The summed E-state index contributed by atoms with van der Waals surface area (Å²) in [7, 11) is 0. The maximum Gasteiger partial charge on any atom is 0.158 e. The number of rotatable bonds is 6. The number of aliphatic hydroxyl groups excluding tert-OH is 1. The average molecular weight is 263 g/mol. The van der Waals surface area contributed by atoms with E-state index in [1.807, 2.05) is 12.1 Å². The lowest BCUT2D eigenvalue weighted by molar-refractivity contribution is -0.0461. The summed E-state index contributed by atoms with van der Waals surface area (Å²) in [6, 6.07) is 7.84. The molecular formula is C15H21NO3. The highest BCUT2D eigenvalue weighted by Gasteiger charge is 2.15. The highest BCUT2D eigenvalue weighted by molar-refractivity contribution is 5.24. The number of benzene rings is 1. The molecule has 0 radical (unpaired) electrons. The van der Waals surface area contributed by atoms with Crippen molar-refractivity contribution >= 4 is 0 Å². The Balaban J connectivity index is 1.82. The van der Waals surface area contributed by atoms with Crippen LogP contribution in [0, 0.1) is 0 Å². The molecule has 19 heavy (non-hydrogen) atoms. The molecular weight excluding hydrogens is 242 g/mol. The Morgan fingerprint density at radius 3 is 2.42 bits per heavy atom. The number of hydrogen-bond acceptors (Lipinski definition) is 4. The van der Waals surface area contributed by atoms with E-state index in [0.717, 1.165) is 18.4 Å². The minimum Gasteiger partial charge on any atom is -0.511 e. The molecule has 0 bridgehead atoms. The van der Waals surface area contributed by atoms with Crippen LogP contribution in [0.25, 0.3) is 0 Å². The molecule has 0 spiro atoms. The van der Waals surface area contributed by atoms with E-state index in [9.17, 15) is 5.11 Å². The van der Waals surface area contributed by atoms with E-state index in [2.05, 4.69) is 18.7 Å². The fourth-order valence-electron chi connectivity index (χ4n) is 2.07. The van der Waals surface area contributed by atoms with E-state index in [4.69, 9.17) is 15.2 Å². The Labute approximate surface area is 113 Å². The van der Waals surface area contributed by atoms with E-state index >= 15 is 0 Å². The van der Waals surface area contributed by atoms with Crippen LogP contribution in [-0.4, -0.2) is 30.7 Å². The normalized spacial score (nSPS) is 17.5. The van der Waals surface area contributed by atoms with Crippen molar-refractivity contribution in [3.8, 4) is 0 Å². The predicted molar refractivity (Wildman–Crippen MR) is 73.9 cm³/mol.